The molecule has 4 nitrogen and oxygen atoms in total. The summed E-state index contributed by atoms with van der Waals surface area (Å²) in [6.45, 7) is 0. The minimum atomic E-state index is -0.368. The molecule has 0 unspecified atom stereocenters. The molecule has 0 saturated carbocycles. The number of non-ortho nitro benzene ring substituents is 1. The van der Waals surface area contributed by atoms with Gasteiger partial charge in [-0.15, -0.1) is 11.8 Å². The van der Waals surface area contributed by atoms with Crippen LogP contribution in [0, 0.1) is 10.1 Å². The molecule has 0 aromatic heterocycles. The smallest absolute Gasteiger partial charge is 0.272 e. The van der Waals surface area contributed by atoms with Crippen molar-refractivity contribution in [2.24, 2.45) is 0 Å². The lowest BCUT2D eigenvalue weighted by atomic mass is 10.2. The zero-order valence-corrected chi connectivity index (χ0v) is 9.17. The topological polar surface area (TPSA) is 46.4 Å². The van der Waals surface area contributed by atoms with Crippen molar-refractivity contribution < 1.29 is 4.92 Å². The molecule has 5 heteroatoms. The van der Waals surface area contributed by atoms with E-state index in [1.54, 1.807) is 12.1 Å². The van der Waals surface area contributed by atoms with Crippen LogP contribution in [0.1, 0.15) is 0 Å². The molecule has 76 valence electrons. The van der Waals surface area contributed by atoms with E-state index in [2.05, 4.69) is 0 Å². The van der Waals surface area contributed by atoms with E-state index in [-0.39, 0.29) is 10.6 Å². The highest BCUT2D eigenvalue weighted by Gasteiger charge is 2.09. The summed E-state index contributed by atoms with van der Waals surface area (Å²) in [5.74, 6) is 0. The zero-order chi connectivity index (χ0) is 10.7. The largest absolute Gasteiger partial charge is 0.377 e. The van der Waals surface area contributed by atoms with E-state index < -0.39 is 0 Å². The molecule has 0 bridgehead atoms. The van der Waals surface area contributed by atoms with Crippen LogP contribution in [0.2, 0.25) is 0 Å². The van der Waals surface area contributed by atoms with Crippen molar-refractivity contribution in [3.8, 4) is 0 Å². The normalized spacial score (nSPS) is 9.93. The van der Waals surface area contributed by atoms with Crippen molar-refractivity contribution >= 4 is 23.1 Å². The molecular weight excluding hydrogens is 200 g/mol. The number of thioether (sulfide) groups is 1. The molecular formula is C9H12N2O2S. The lowest BCUT2D eigenvalue weighted by Gasteiger charge is -2.12. The Hall–Kier alpha value is -1.23. The van der Waals surface area contributed by atoms with Gasteiger partial charge in [0.05, 0.1) is 4.92 Å². The van der Waals surface area contributed by atoms with Crippen molar-refractivity contribution in [2.75, 3.05) is 25.3 Å². The second-order valence-electron chi connectivity index (χ2n) is 3.04. The van der Waals surface area contributed by atoms with Crippen LogP contribution in [0.4, 0.5) is 11.4 Å². The molecule has 0 spiro atoms. The van der Waals surface area contributed by atoms with E-state index in [4.69, 9.17) is 0 Å². The van der Waals surface area contributed by atoms with Crippen LogP contribution in [0.15, 0.2) is 23.1 Å². The standard InChI is InChI=1S/C9H12N2O2S/c1-10(2)7-4-8(11(12)13)6-9(5-7)14-3/h4-6H,1-3H3. The van der Waals surface area contributed by atoms with Crippen LogP contribution >= 0.6 is 11.8 Å². The maximum atomic E-state index is 10.6. The Bertz CT molecular complexity index is 353. The second kappa shape index (κ2) is 4.32. The quantitative estimate of drug-likeness (QED) is 0.438. The number of anilines is 1. The van der Waals surface area contributed by atoms with E-state index in [1.807, 2.05) is 31.3 Å². The highest BCUT2D eigenvalue weighted by Crippen LogP contribution is 2.27. The molecule has 0 atom stereocenters. The first kappa shape index (κ1) is 10.8. The van der Waals surface area contributed by atoms with Crippen LogP contribution in [0.3, 0.4) is 0 Å². The van der Waals surface area contributed by atoms with Gasteiger partial charge in [-0.2, -0.15) is 0 Å². The second-order valence-corrected chi connectivity index (χ2v) is 3.92. The molecule has 0 fully saturated rings. The van der Waals surface area contributed by atoms with E-state index in [0.717, 1.165) is 10.6 Å². The lowest BCUT2D eigenvalue weighted by Crippen LogP contribution is -2.08. The van der Waals surface area contributed by atoms with E-state index in [1.165, 1.54) is 11.8 Å². The van der Waals surface area contributed by atoms with Crippen molar-refractivity contribution in [3.05, 3.63) is 28.3 Å². The third kappa shape index (κ3) is 2.38. The summed E-state index contributed by atoms with van der Waals surface area (Å²) in [5, 5.41) is 10.6. The molecule has 0 heterocycles. The van der Waals surface area contributed by atoms with Crippen molar-refractivity contribution in [1.29, 1.82) is 0 Å². The minimum absolute atomic E-state index is 0.139. The van der Waals surface area contributed by atoms with Crippen molar-refractivity contribution in [1.82, 2.24) is 0 Å². The van der Waals surface area contributed by atoms with E-state index >= 15 is 0 Å². The van der Waals surface area contributed by atoms with Crippen LogP contribution < -0.4 is 4.90 Å². The van der Waals surface area contributed by atoms with Gasteiger partial charge in [-0.3, -0.25) is 10.1 Å². The Kier molecular flexibility index (Phi) is 3.35. The molecule has 1 aromatic carbocycles. The molecule has 0 aliphatic rings. The minimum Gasteiger partial charge on any atom is -0.377 e. The van der Waals surface area contributed by atoms with Crippen LogP contribution in [-0.2, 0) is 0 Å². The number of hydrogen-bond donors (Lipinski definition) is 0. The van der Waals surface area contributed by atoms with Gasteiger partial charge < -0.3 is 4.90 Å². The molecule has 0 radical (unpaired) electrons. The molecule has 1 rings (SSSR count). The fraction of sp³-hybridized carbons (Fsp3) is 0.333. The third-order valence-electron chi connectivity index (χ3n) is 1.84. The maximum absolute atomic E-state index is 10.6. The fourth-order valence-corrected chi connectivity index (χ4v) is 1.53. The third-order valence-corrected chi connectivity index (χ3v) is 2.55. The van der Waals surface area contributed by atoms with E-state index in [9.17, 15) is 10.1 Å². The molecule has 0 aliphatic carbocycles. The van der Waals surface area contributed by atoms with Crippen molar-refractivity contribution in [2.45, 2.75) is 4.90 Å². The molecule has 0 amide bonds. The highest BCUT2D eigenvalue weighted by molar-refractivity contribution is 7.98. The predicted molar refractivity (Wildman–Crippen MR) is 59.2 cm³/mol. The summed E-state index contributed by atoms with van der Waals surface area (Å²) in [6.07, 6.45) is 1.90. The first-order valence-corrected chi connectivity index (χ1v) is 5.28. The molecule has 0 aliphatic heterocycles. The number of nitro benzene ring substituents is 1. The van der Waals surface area contributed by atoms with Gasteiger partial charge in [0.15, 0.2) is 0 Å². The monoisotopic (exact) mass is 212 g/mol. The highest BCUT2D eigenvalue weighted by atomic mass is 32.2. The number of benzene rings is 1. The number of nitrogens with zero attached hydrogens (tertiary/aromatic N) is 2. The predicted octanol–water partition coefficient (Wildman–Crippen LogP) is 2.38. The fourth-order valence-electron chi connectivity index (χ4n) is 1.05. The summed E-state index contributed by atoms with van der Waals surface area (Å²) in [6, 6.07) is 5.08. The number of nitro groups is 1. The van der Waals surface area contributed by atoms with Gasteiger partial charge in [0.1, 0.15) is 0 Å². The van der Waals surface area contributed by atoms with E-state index in [0.29, 0.717) is 0 Å². The van der Waals surface area contributed by atoms with Gasteiger partial charge in [-0.05, 0) is 12.3 Å². The number of hydrogen-bond acceptors (Lipinski definition) is 4. The van der Waals surface area contributed by atoms with Gasteiger partial charge in [0.25, 0.3) is 5.69 Å². The van der Waals surface area contributed by atoms with Gasteiger partial charge in [0, 0.05) is 36.8 Å². The lowest BCUT2D eigenvalue weighted by molar-refractivity contribution is -0.385. The molecule has 14 heavy (non-hydrogen) atoms. The molecule has 0 saturated heterocycles. The van der Waals surface area contributed by atoms with Crippen LogP contribution in [0.25, 0.3) is 0 Å². The Morgan fingerprint density at radius 1 is 1.36 bits per heavy atom. The maximum Gasteiger partial charge on any atom is 0.272 e. The number of rotatable bonds is 3. The average molecular weight is 212 g/mol. The van der Waals surface area contributed by atoms with Crippen LogP contribution in [-0.4, -0.2) is 25.3 Å². The summed E-state index contributed by atoms with van der Waals surface area (Å²) in [5.41, 5.74) is 0.990. The van der Waals surface area contributed by atoms with Crippen LogP contribution in [0.5, 0.6) is 0 Å². The summed E-state index contributed by atoms with van der Waals surface area (Å²) < 4.78 is 0. The van der Waals surface area contributed by atoms with Gasteiger partial charge in [0.2, 0.25) is 0 Å². The SMILES string of the molecule is CSc1cc(N(C)C)cc([N+](=O)[O-])c1. The van der Waals surface area contributed by atoms with Gasteiger partial charge >= 0.3 is 0 Å². The average Bonchev–Trinajstić information content (AvgIpc) is 2.16. The zero-order valence-electron chi connectivity index (χ0n) is 8.35. The Balaban J connectivity index is 3.20. The molecule has 1 aromatic rings. The first-order chi connectivity index (χ1) is 6.54. The first-order valence-electron chi connectivity index (χ1n) is 4.05. The van der Waals surface area contributed by atoms with Crippen molar-refractivity contribution in [3.63, 3.8) is 0 Å². The van der Waals surface area contributed by atoms with Gasteiger partial charge in [-0.25, -0.2) is 0 Å². The Morgan fingerprint density at radius 2 is 2.00 bits per heavy atom. The summed E-state index contributed by atoms with van der Waals surface area (Å²) in [4.78, 5) is 13.0. The Morgan fingerprint density at radius 3 is 2.43 bits per heavy atom. The summed E-state index contributed by atoms with van der Waals surface area (Å²) in [7, 11) is 3.73. The molecule has 0 N–H and O–H groups in total. The van der Waals surface area contributed by atoms with Gasteiger partial charge in [-0.1, -0.05) is 0 Å². The summed E-state index contributed by atoms with van der Waals surface area (Å²) >= 11 is 1.50. The Labute approximate surface area is 87.1 Å².